The van der Waals surface area contributed by atoms with E-state index in [-0.39, 0.29) is 17.1 Å². The SMILES string of the molecule is CC(C)(C)NC(=O)CCNCc1ccc([N+](=O)[O-])cc1. The van der Waals surface area contributed by atoms with Gasteiger partial charge in [-0.1, -0.05) is 12.1 Å². The Balaban J connectivity index is 2.27. The molecule has 0 aliphatic heterocycles. The van der Waals surface area contributed by atoms with Crippen LogP contribution in [0.4, 0.5) is 5.69 Å². The molecule has 1 aromatic carbocycles. The molecule has 2 N–H and O–H groups in total. The van der Waals surface area contributed by atoms with Crippen molar-refractivity contribution in [2.45, 2.75) is 39.3 Å². The molecule has 6 nitrogen and oxygen atoms in total. The van der Waals surface area contributed by atoms with Crippen LogP contribution in [-0.4, -0.2) is 22.9 Å². The van der Waals surface area contributed by atoms with Gasteiger partial charge in [-0.2, -0.15) is 0 Å². The van der Waals surface area contributed by atoms with Gasteiger partial charge in [-0.05, 0) is 26.3 Å². The molecule has 0 bridgehead atoms. The van der Waals surface area contributed by atoms with Crippen LogP contribution in [0.3, 0.4) is 0 Å². The summed E-state index contributed by atoms with van der Waals surface area (Å²) in [6.45, 7) is 6.97. The first-order valence-corrected chi connectivity index (χ1v) is 6.53. The van der Waals surface area contributed by atoms with Crippen molar-refractivity contribution in [2.75, 3.05) is 6.54 Å². The van der Waals surface area contributed by atoms with Crippen LogP contribution in [0.2, 0.25) is 0 Å². The van der Waals surface area contributed by atoms with Crippen molar-refractivity contribution in [1.82, 2.24) is 10.6 Å². The third-order valence-corrected chi connectivity index (χ3v) is 2.52. The van der Waals surface area contributed by atoms with Crippen LogP contribution in [0, 0.1) is 10.1 Å². The van der Waals surface area contributed by atoms with Crippen LogP contribution < -0.4 is 10.6 Å². The Bertz CT molecular complexity index is 464. The first-order chi connectivity index (χ1) is 9.28. The van der Waals surface area contributed by atoms with E-state index in [1.807, 2.05) is 20.8 Å². The number of hydrogen-bond acceptors (Lipinski definition) is 4. The standard InChI is InChI=1S/C14H21N3O3/c1-14(2,3)16-13(18)8-9-15-10-11-4-6-12(7-5-11)17(19)20/h4-7,15H,8-10H2,1-3H3,(H,16,18). The minimum atomic E-state index is -0.423. The maximum atomic E-state index is 11.6. The van der Waals surface area contributed by atoms with Crippen molar-refractivity contribution < 1.29 is 9.72 Å². The molecule has 6 heteroatoms. The summed E-state index contributed by atoms with van der Waals surface area (Å²) in [6.07, 6.45) is 0.407. The van der Waals surface area contributed by atoms with Gasteiger partial charge in [-0.3, -0.25) is 14.9 Å². The first kappa shape index (κ1) is 16.1. The number of rotatable bonds is 6. The van der Waals surface area contributed by atoms with E-state index in [0.29, 0.717) is 19.5 Å². The quantitative estimate of drug-likeness (QED) is 0.474. The van der Waals surface area contributed by atoms with Gasteiger partial charge in [0.05, 0.1) is 4.92 Å². The molecule has 20 heavy (non-hydrogen) atoms. The summed E-state index contributed by atoms with van der Waals surface area (Å²) in [6, 6.07) is 6.37. The van der Waals surface area contributed by atoms with E-state index in [0.717, 1.165) is 5.56 Å². The molecule has 0 atom stereocenters. The van der Waals surface area contributed by atoms with E-state index in [4.69, 9.17) is 0 Å². The number of benzene rings is 1. The van der Waals surface area contributed by atoms with Gasteiger partial charge in [-0.25, -0.2) is 0 Å². The highest BCUT2D eigenvalue weighted by Crippen LogP contribution is 2.11. The van der Waals surface area contributed by atoms with E-state index >= 15 is 0 Å². The summed E-state index contributed by atoms with van der Waals surface area (Å²) >= 11 is 0. The number of nitrogens with zero attached hydrogens (tertiary/aromatic N) is 1. The number of nitro benzene ring substituents is 1. The van der Waals surface area contributed by atoms with Crippen molar-refractivity contribution in [1.29, 1.82) is 0 Å². The van der Waals surface area contributed by atoms with Crippen molar-refractivity contribution in [3.8, 4) is 0 Å². The molecule has 1 rings (SSSR count). The number of nitro groups is 1. The lowest BCUT2D eigenvalue weighted by Crippen LogP contribution is -2.41. The Labute approximate surface area is 118 Å². The highest BCUT2D eigenvalue weighted by atomic mass is 16.6. The Morgan fingerprint density at radius 2 is 1.85 bits per heavy atom. The number of hydrogen-bond donors (Lipinski definition) is 2. The largest absolute Gasteiger partial charge is 0.351 e. The maximum Gasteiger partial charge on any atom is 0.269 e. The number of carbonyl (C=O) groups excluding carboxylic acids is 1. The average molecular weight is 279 g/mol. The van der Waals surface area contributed by atoms with Gasteiger partial charge in [0.2, 0.25) is 5.91 Å². The van der Waals surface area contributed by atoms with Crippen molar-refractivity contribution in [2.24, 2.45) is 0 Å². The molecule has 0 saturated heterocycles. The smallest absolute Gasteiger partial charge is 0.269 e. The Morgan fingerprint density at radius 1 is 1.25 bits per heavy atom. The minimum absolute atomic E-state index is 0.00806. The van der Waals surface area contributed by atoms with Gasteiger partial charge in [0.1, 0.15) is 0 Å². The fraction of sp³-hybridized carbons (Fsp3) is 0.500. The highest BCUT2D eigenvalue weighted by molar-refractivity contribution is 5.76. The zero-order valence-corrected chi connectivity index (χ0v) is 12.1. The third kappa shape index (κ3) is 6.29. The summed E-state index contributed by atoms with van der Waals surface area (Å²) in [5.74, 6) is 0.00806. The van der Waals surface area contributed by atoms with Crippen LogP contribution in [-0.2, 0) is 11.3 Å². The second-order valence-electron chi connectivity index (χ2n) is 5.65. The monoisotopic (exact) mass is 279 g/mol. The lowest BCUT2D eigenvalue weighted by atomic mass is 10.1. The van der Waals surface area contributed by atoms with Gasteiger partial charge < -0.3 is 10.6 Å². The van der Waals surface area contributed by atoms with Gasteiger partial charge in [-0.15, -0.1) is 0 Å². The topological polar surface area (TPSA) is 84.3 Å². The van der Waals surface area contributed by atoms with Crippen LogP contribution in [0.5, 0.6) is 0 Å². The molecular weight excluding hydrogens is 258 g/mol. The fourth-order valence-electron chi connectivity index (χ4n) is 1.65. The molecular formula is C14H21N3O3. The number of carbonyl (C=O) groups is 1. The number of nitrogens with one attached hydrogen (secondary N) is 2. The summed E-state index contributed by atoms with van der Waals surface area (Å²) < 4.78 is 0. The first-order valence-electron chi connectivity index (χ1n) is 6.53. The molecule has 0 unspecified atom stereocenters. The molecule has 0 radical (unpaired) electrons. The van der Waals surface area contributed by atoms with Crippen molar-refractivity contribution >= 4 is 11.6 Å². The molecule has 0 aliphatic rings. The predicted octanol–water partition coefficient (Wildman–Crippen LogP) is 1.99. The number of non-ortho nitro benzene ring substituents is 1. The van der Waals surface area contributed by atoms with Gasteiger partial charge in [0, 0.05) is 37.2 Å². The highest BCUT2D eigenvalue weighted by Gasteiger charge is 2.12. The van der Waals surface area contributed by atoms with Gasteiger partial charge in [0.25, 0.3) is 5.69 Å². The van der Waals surface area contributed by atoms with Gasteiger partial charge >= 0.3 is 0 Å². The second-order valence-corrected chi connectivity index (χ2v) is 5.65. The summed E-state index contributed by atoms with van der Waals surface area (Å²) in [5, 5.41) is 16.5. The Kier molecular flexibility index (Phi) is 5.64. The van der Waals surface area contributed by atoms with Gasteiger partial charge in [0.15, 0.2) is 0 Å². The third-order valence-electron chi connectivity index (χ3n) is 2.52. The van der Waals surface area contributed by atoms with Crippen LogP contribution in [0.1, 0.15) is 32.8 Å². The molecule has 0 aliphatic carbocycles. The zero-order chi connectivity index (χ0) is 15.2. The molecule has 0 saturated carbocycles. The molecule has 0 aromatic heterocycles. The molecule has 1 aromatic rings. The van der Waals surface area contributed by atoms with Crippen molar-refractivity contribution in [3.63, 3.8) is 0 Å². The predicted molar refractivity (Wildman–Crippen MR) is 77.3 cm³/mol. The van der Waals surface area contributed by atoms with E-state index in [9.17, 15) is 14.9 Å². The number of amides is 1. The summed E-state index contributed by atoms with van der Waals surface area (Å²) in [4.78, 5) is 21.6. The Hall–Kier alpha value is -1.95. The second kappa shape index (κ2) is 7.00. The average Bonchev–Trinajstić information content (AvgIpc) is 2.33. The Morgan fingerprint density at radius 3 is 2.35 bits per heavy atom. The minimum Gasteiger partial charge on any atom is -0.351 e. The summed E-state index contributed by atoms with van der Waals surface area (Å²) in [7, 11) is 0. The van der Waals surface area contributed by atoms with Crippen LogP contribution in [0.25, 0.3) is 0 Å². The molecule has 0 fully saturated rings. The van der Waals surface area contributed by atoms with Crippen LogP contribution in [0.15, 0.2) is 24.3 Å². The van der Waals surface area contributed by atoms with E-state index in [2.05, 4.69) is 10.6 Å². The molecule has 1 amide bonds. The maximum absolute atomic E-state index is 11.6. The van der Waals surface area contributed by atoms with E-state index in [1.165, 1.54) is 12.1 Å². The lowest BCUT2D eigenvalue weighted by molar-refractivity contribution is -0.384. The molecule has 0 spiro atoms. The normalized spacial score (nSPS) is 11.2. The fourth-order valence-corrected chi connectivity index (χ4v) is 1.65. The zero-order valence-electron chi connectivity index (χ0n) is 12.1. The van der Waals surface area contributed by atoms with E-state index < -0.39 is 4.92 Å². The lowest BCUT2D eigenvalue weighted by Gasteiger charge is -2.20. The molecule has 0 heterocycles. The molecule has 110 valence electrons. The van der Waals surface area contributed by atoms with Crippen LogP contribution >= 0.6 is 0 Å². The summed E-state index contributed by atoms with van der Waals surface area (Å²) in [5.41, 5.74) is 0.820. The van der Waals surface area contributed by atoms with E-state index in [1.54, 1.807) is 12.1 Å². The van der Waals surface area contributed by atoms with Crippen molar-refractivity contribution in [3.05, 3.63) is 39.9 Å².